The van der Waals surface area contributed by atoms with Crippen LogP contribution >= 0.6 is 27.5 Å². The van der Waals surface area contributed by atoms with Crippen molar-refractivity contribution in [1.29, 1.82) is 0 Å². The fourth-order valence-corrected chi connectivity index (χ4v) is 2.34. The zero-order valence-corrected chi connectivity index (χ0v) is 12.5. The molecule has 0 aliphatic rings. The Hall–Kier alpha value is -1.13. The van der Waals surface area contributed by atoms with E-state index in [0.717, 1.165) is 22.3 Å². The molecule has 3 nitrogen and oxygen atoms in total. The minimum Gasteiger partial charge on any atom is -0.340 e. The lowest BCUT2D eigenvalue weighted by Crippen LogP contribution is -1.99. The molecule has 0 aliphatic heterocycles. The number of aryl methyl sites for hydroxylation is 2. The van der Waals surface area contributed by atoms with E-state index in [1.807, 2.05) is 25.1 Å². The number of rotatable bonds is 3. The molecule has 0 spiro atoms. The second-order valence-corrected chi connectivity index (χ2v) is 5.20. The van der Waals surface area contributed by atoms with Crippen LogP contribution in [0.25, 0.3) is 0 Å². The largest absolute Gasteiger partial charge is 0.340 e. The van der Waals surface area contributed by atoms with Crippen LogP contribution in [-0.2, 0) is 6.42 Å². The van der Waals surface area contributed by atoms with Crippen molar-refractivity contribution in [3.05, 3.63) is 45.3 Å². The van der Waals surface area contributed by atoms with Crippen molar-refractivity contribution < 1.29 is 0 Å². The third kappa shape index (κ3) is 3.21. The van der Waals surface area contributed by atoms with E-state index in [9.17, 15) is 0 Å². The van der Waals surface area contributed by atoms with Crippen LogP contribution < -0.4 is 5.32 Å². The number of aromatic nitrogens is 2. The highest BCUT2D eigenvalue weighted by Gasteiger charge is 2.05. The lowest BCUT2D eigenvalue weighted by Gasteiger charge is -2.11. The lowest BCUT2D eigenvalue weighted by molar-refractivity contribution is 1.09. The van der Waals surface area contributed by atoms with Crippen LogP contribution in [0.4, 0.5) is 11.5 Å². The van der Waals surface area contributed by atoms with Crippen molar-refractivity contribution >= 4 is 39.0 Å². The van der Waals surface area contributed by atoms with Crippen molar-refractivity contribution in [3.8, 4) is 0 Å². The zero-order chi connectivity index (χ0) is 13.1. The van der Waals surface area contributed by atoms with Crippen molar-refractivity contribution in [2.24, 2.45) is 0 Å². The lowest BCUT2D eigenvalue weighted by atomic mass is 10.1. The van der Waals surface area contributed by atoms with E-state index >= 15 is 0 Å². The molecule has 94 valence electrons. The van der Waals surface area contributed by atoms with Crippen LogP contribution in [0.2, 0.25) is 5.28 Å². The topological polar surface area (TPSA) is 37.8 Å². The first-order chi connectivity index (χ1) is 8.58. The summed E-state index contributed by atoms with van der Waals surface area (Å²) >= 11 is 9.32. The van der Waals surface area contributed by atoms with Crippen LogP contribution in [0.15, 0.2) is 28.7 Å². The predicted octanol–water partition coefficient (Wildman–Crippen LogP) is 4.51. The van der Waals surface area contributed by atoms with E-state index in [2.05, 4.69) is 44.2 Å². The van der Waals surface area contributed by atoms with Gasteiger partial charge in [0, 0.05) is 21.9 Å². The highest BCUT2D eigenvalue weighted by atomic mass is 79.9. The molecule has 0 unspecified atom stereocenters. The van der Waals surface area contributed by atoms with Gasteiger partial charge in [0.1, 0.15) is 5.82 Å². The van der Waals surface area contributed by atoms with Gasteiger partial charge in [-0.3, -0.25) is 0 Å². The minimum absolute atomic E-state index is 0.257. The molecule has 0 fully saturated rings. The minimum atomic E-state index is 0.257. The van der Waals surface area contributed by atoms with Gasteiger partial charge in [0.2, 0.25) is 5.28 Å². The fourth-order valence-electron chi connectivity index (χ4n) is 1.71. The summed E-state index contributed by atoms with van der Waals surface area (Å²) in [5.41, 5.74) is 3.10. The molecule has 0 saturated heterocycles. The van der Waals surface area contributed by atoms with E-state index < -0.39 is 0 Å². The Labute approximate surface area is 120 Å². The van der Waals surface area contributed by atoms with Crippen LogP contribution in [-0.4, -0.2) is 9.97 Å². The van der Waals surface area contributed by atoms with Crippen LogP contribution in [0.3, 0.4) is 0 Å². The molecule has 18 heavy (non-hydrogen) atoms. The van der Waals surface area contributed by atoms with Gasteiger partial charge in [0.15, 0.2) is 0 Å². The smallest absolute Gasteiger partial charge is 0.224 e. The third-order valence-corrected chi connectivity index (χ3v) is 3.20. The Balaban J connectivity index is 2.33. The van der Waals surface area contributed by atoms with Crippen molar-refractivity contribution in [3.63, 3.8) is 0 Å². The highest BCUT2D eigenvalue weighted by Crippen LogP contribution is 2.24. The molecule has 2 rings (SSSR count). The summed E-state index contributed by atoms with van der Waals surface area (Å²) in [5, 5.41) is 3.53. The Morgan fingerprint density at radius 3 is 2.72 bits per heavy atom. The summed E-state index contributed by atoms with van der Waals surface area (Å²) in [6.07, 6.45) is 0.944. The normalized spacial score (nSPS) is 10.4. The number of nitrogens with one attached hydrogen (secondary N) is 1. The van der Waals surface area contributed by atoms with Crippen LogP contribution in [0.5, 0.6) is 0 Å². The molecule has 2 aromatic rings. The molecule has 1 aromatic heterocycles. The average molecular weight is 327 g/mol. The molecular weight excluding hydrogens is 314 g/mol. The molecule has 0 aliphatic carbocycles. The summed E-state index contributed by atoms with van der Waals surface area (Å²) in [7, 11) is 0. The maximum absolute atomic E-state index is 5.85. The highest BCUT2D eigenvalue weighted by molar-refractivity contribution is 9.10. The van der Waals surface area contributed by atoms with Crippen molar-refractivity contribution in [1.82, 2.24) is 9.97 Å². The molecule has 0 bridgehead atoms. The second kappa shape index (κ2) is 5.67. The predicted molar refractivity (Wildman–Crippen MR) is 78.6 cm³/mol. The van der Waals surface area contributed by atoms with Gasteiger partial charge in [-0.15, -0.1) is 0 Å². The molecule has 0 radical (unpaired) electrons. The maximum atomic E-state index is 5.85. The van der Waals surface area contributed by atoms with Crippen LogP contribution in [0.1, 0.15) is 18.2 Å². The molecule has 1 aromatic carbocycles. The maximum Gasteiger partial charge on any atom is 0.224 e. The van der Waals surface area contributed by atoms with E-state index in [-0.39, 0.29) is 5.28 Å². The molecule has 0 amide bonds. The van der Waals surface area contributed by atoms with Gasteiger partial charge in [0.25, 0.3) is 0 Å². The Kier molecular flexibility index (Phi) is 4.19. The molecule has 0 saturated carbocycles. The first-order valence-corrected chi connectivity index (χ1v) is 6.82. The summed E-state index contributed by atoms with van der Waals surface area (Å²) in [6, 6.07) is 7.98. The first kappa shape index (κ1) is 13.3. The SMILES string of the molecule is CCc1cc(Br)ccc1Nc1cc(C)nc(Cl)n1. The fraction of sp³-hybridized carbons (Fsp3) is 0.231. The number of hydrogen-bond donors (Lipinski definition) is 1. The second-order valence-electron chi connectivity index (χ2n) is 3.94. The Morgan fingerprint density at radius 1 is 1.28 bits per heavy atom. The van der Waals surface area contributed by atoms with Gasteiger partial charge >= 0.3 is 0 Å². The third-order valence-electron chi connectivity index (χ3n) is 2.54. The number of halogens is 2. The van der Waals surface area contributed by atoms with Gasteiger partial charge in [-0.25, -0.2) is 9.97 Å². The number of benzene rings is 1. The van der Waals surface area contributed by atoms with Gasteiger partial charge in [-0.05, 0) is 48.7 Å². The molecular formula is C13H13BrClN3. The van der Waals surface area contributed by atoms with Gasteiger partial charge in [0.05, 0.1) is 0 Å². The standard InChI is InChI=1S/C13H13BrClN3/c1-3-9-7-10(14)4-5-11(9)17-12-6-8(2)16-13(15)18-12/h4-7H,3H2,1-2H3,(H,16,17,18). The quantitative estimate of drug-likeness (QED) is 0.843. The van der Waals surface area contributed by atoms with Gasteiger partial charge < -0.3 is 5.32 Å². The van der Waals surface area contributed by atoms with E-state index in [4.69, 9.17) is 11.6 Å². The van der Waals surface area contributed by atoms with Crippen molar-refractivity contribution in [2.45, 2.75) is 20.3 Å². The molecule has 1 N–H and O–H groups in total. The molecule has 5 heteroatoms. The Morgan fingerprint density at radius 2 is 2.06 bits per heavy atom. The average Bonchev–Trinajstić information content (AvgIpc) is 2.30. The van der Waals surface area contributed by atoms with E-state index in [0.29, 0.717) is 5.82 Å². The number of hydrogen-bond acceptors (Lipinski definition) is 3. The number of nitrogens with zero attached hydrogens (tertiary/aromatic N) is 2. The van der Waals surface area contributed by atoms with E-state index in [1.54, 1.807) is 0 Å². The monoisotopic (exact) mass is 325 g/mol. The first-order valence-electron chi connectivity index (χ1n) is 5.65. The summed E-state index contributed by atoms with van der Waals surface area (Å²) in [4.78, 5) is 8.20. The molecule has 0 atom stereocenters. The van der Waals surface area contributed by atoms with Crippen molar-refractivity contribution in [2.75, 3.05) is 5.32 Å². The van der Waals surface area contributed by atoms with Crippen LogP contribution in [0, 0.1) is 6.92 Å². The van der Waals surface area contributed by atoms with Gasteiger partial charge in [-0.1, -0.05) is 22.9 Å². The molecule has 1 heterocycles. The summed E-state index contributed by atoms with van der Waals surface area (Å²) < 4.78 is 1.07. The summed E-state index contributed by atoms with van der Waals surface area (Å²) in [5.74, 6) is 0.713. The Bertz CT molecular complexity index is 552. The zero-order valence-electron chi connectivity index (χ0n) is 10.2. The number of anilines is 2. The summed E-state index contributed by atoms with van der Waals surface area (Å²) in [6.45, 7) is 4.01. The van der Waals surface area contributed by atoms with E-state index in [1.165, 1.54) is 5.56 Å². The van der Waals surface area contributed by atoms with Gasteiger partial charge in [-0.2, -0.15) is 0 Å².